The maximum absolute atomic E-state index is 7.12. The van der Waals surface area contributed by atoms with E-state index in [-0.39, 0.29) is 6.04 Å². The molecule has 0 saturated carbocycles. The smallest absolute Gasteiger partial charge is 0.262 e. The van der Waals surface area contributed by atoms with Crippen molar-refractivity contribution < 1.29 is 33.0 Å². The minimum atomic E-state index is -0.517. The van der Waals surface area contributed by atoms with Crippen molar-refractivity contribution in [3.63, 3.8) is 0 Å². The van der Waals surface area contributed by atoms with Gasteiger partial charge < -0.3 is 33.7 Å². The number of aromatic nitrogens is 1. The summed E-state index contributed by atoms with van der Waals surface area (Å²) < 4.78 is 43.2. The lowest BCUT2D eigenvalue weighted by Gasteiger charge is -2.52. The van der Waals surface area contributed by atoms with Crippen molar-refractivity contribution in [3.8, 4) is 23.0 Å². The molecule has 32 aromatic rings. The number of para-hydroxylation sites is 1. The first kappa shape index (κ1) is 44.8. The Labute approximate surface area is 564 Å². The summed E-state index contributed by atoms with van der Waals surface area (Å²) in [4.78, 5) is 0. The molecule has 1 atom stereocenters. The van der Waals surface area contributed by atoms with E-state index < -0.39 is 10.8 Å². The molecule has 6 aliphatic rings. The summed E-state index contributed by atoms with van der Waals surface area (Å²) in [5, 5.41) is 93.4. The highest BCUT2D eigenvalue weighted by atomic mass is 32.1. The Kier molecular flexibility index (Phi) is 5.42. The Morgan fingerprint density at radius 2 is 0.653 bits per heavy atom. The number of thiazole rings is 1. The van der Waals surface area contributed by atoms with Crippen LogP contribution < -0.4 is 28.8 Å². The number of ether oxygens (including phenoxy) is 6. The lowest BCUT2D eigenvalue weighted by atomic mass is 9.47. The molecule has 8 nitrogen and oxygen atoms in total. The van der Waals surface area contributed by atoms with E-state index in [0.29, 0.717) is 64.4 Å². The highest BCUT2D eigenvalue weighted by Crippen LogP contribution is 2.86. The van der Waals surface area contributed by atoms with Crippen LogP contribution in [0.5, 0.6) is 23.0 Å². The minimum absolute atomic E-state index is 0.114. The van der Waals surface area contributed by atoms with Crippen LogP contribution in [0.1, 0.15) is 44.4 Å². The Bertz CT molecular complexity index is 8980. The fraction of sp³-hybridized carbons (Fsp3) is 0.141. The van der Waals surface area contributed by atoms with E-state index in [2.05, 4.69) is 78.4 Å². The molecule has 1 N–H and O–H groups in total. The molecule has 454 valence electrons. The van der Waals surface area contributed by atoms with Gasteiger partial charge in [-0.05, 0) is 361 Å². The highest BCUT2D eigenvalue weighted by Gasteiger charge is 2.74. The van der Waals surface area contributed by atoms with Crippen LogP contribution in [-0.4, -0.2) is 59.4 Å². The maximum atomic E-state index is 7.12. The number of hydrogen-bond donors (Lipinski definition) is 1. The third-order valence-electron chi connectivity index (χ3n) is 31.0. The summed E-state index contributed by atoms with van der Waals surface area (Å²) in [6, 6.07) is 21.6. The number of nitrogens with zero attached hydrogens (tertiary/aromatic N) is 1. The van der Waals surface area contributed by atoms with E-state index in [4.69, 9.17) is 33.7 Å². The van der Waals surface area contributed by atoms with E-state index in [9.17, 15) is 0 Å². The van der Waals surface area contributed by atoms with Crippen LogP contribution in [-0.2, 0) is 27.4 Å². The molecule has 4 aliphatic carbocycles. The number of rotatable bonds is 3. The molecule has 0 amide bonds. The van der Waals surface area contributed by atoms with E-state index in [1.807, 2.05) is 6.07 Å². The Balaban J connectivity index is 0.616. The van der Waals surface area contributed by atoms with E-state index in [1.165, 1.54) is 20.8 Å². The average molecular weight is 1300 g/mol. The van der Waals surface area contributed by atoms with Crippen LogP contribution in [0.4, 0.5) is 0 Å². The Morgan fingerprint density at radius 3 is 1.02 bits per heavy atom. The molecule has 1 aromatic heterocycles. The van der Waals surface area contributed by atoms with Crippen LogP contribution >= 0.6 is 11.3 Å². The third kappa shape index (κ3) is 3.28. The second kappa shape index (κ2) is 12.2. The number of benzene rings is 21. The molecule has 38 rings (SSSR count). The van der Waals surface area contributed by atoms with Crippen LogP contribution in [0.15, 0.2) is 60.7 Å². The van der Waals surface area contributed by atoms with Crippen molar-refractivity contribution in [3.05, 3.63) is 99.1 Å². The molecule has 2 spiro atoms. The number of hydrogen-bond acceptors (Lipinski definition) is 8. The summed E-state index contributed by atoms with van der Waals surface area (Å²) in [6.07, 6.45) is 4.32. The molecule has 31 aromatic carbocycles. The molecular weight excluding hydrogens is 1260 g/mol. The molecule has 0 radical (unpaired) electrons. The SMILES string of the molecule is C[n+]1c(/C=C/c2ccc3c(c2)OCCOCCOc2ccc(C4NCC56c7c8c9c%10c%11c%12c(c%13c%14c5c5c7c7c%15c8c8c9c9c%11c%11c%16c%12c%12c%13c%13c%14c%14c5c5c7c7c%15c%15c8c8c9c%11c9c%11c%16c%12c%12c%13c%13c%14c5c5c7c7c%15c8c9c8c%11c%12c%13c5c78)C%1046)cc2OCCOCCO3)sc2ccccc21. The zero-order valence-electron chi connectivity index (χ0n) is 53.2. The van der Waals surface area contributed by atoms with Crippen molar-refractivity contribution in [2.24, 2.45) is 7.05 Å². The van der Waals surface area contributed by atoms with Gasteiger partial charge >= 0.3 is 0 Å². The zero-order valence-corrected chi connectivity index (χ0v) is 54.0. The van der Waals surface area contributed by atoms with Crippen LogP contribution in [0.3, 0.4) is 0 Å². The largest absolute Gasteiger partial charge is 0.487 e. The molecular formula is C92H35N2O6S+. The van der Waals surface area contributed by atoms with Gasteiger partial charge in [-0.3, -0.25) is 0 Å². The van der Waals surface area contributed by atoms with Gasteiger partial charge in [0.25, 0.3) is 5.01 Å². The first-order valence-electron chi connectivity index (χ1n) is 36.7. The van der Waals surface area contributed by atoms with Gasteiger partial charge in [0.05, 0.1) is 37.3 Å². The predicted octanol–water partition coefficient (Wildman–Crippen LogP) is 21.1. The standard InChI is InChI=1S/C92H35N2O6S/c1-94-25-4-2-3-5-30(25)101-31(94)11-7-23-6-9-26-28(20-23)99-18-14-95-13-17-98-27-10-8-24(21-29(27)100-19-15-96-12-16-97-26)90-92-88-82-76-66-54-46-38-34-32-33-36-40(38)48(54)58-52-44(36)45-37(33)41-39-35(32)43-42(34)50-56(46)64-70-60(50)61-51(43)57-47(39)55-49(41)59-53(45)63-62(52)74(68(58)76)84(88)85-75(63)69(59)77-67(55)73-65(57)71(61)79-78(70)86(80(82)72(64)66)91(92,22-93-90)87(79)81(73)83(77)89(85)92/h2-11,20-21,90,93H,12-19,22H2,1H3/q+1/b11-7+. The third-order valence-corrected chi connectivity index (χ3v) is 32.2. The molecule has 3 heterocycles. The predicted molar refractivity (Wildman–Crippen MR) is 413 cm³/mol. The van der Waals surface area contributed by atoms with E-state index >= 15 is 0 Å². The van der Waals surface area contributed by atoms with Gasteiger partial charge in [-0.25, -0.2) is 0 Å². The van der Waals surface area contributed by atoms with Gasteiger partial charge in [0.15, 0.2) is 23.0 Å². The van der Waals surface area contributed by atoms with E-state index in [0.717, 1.165) is 23.6 Å². The molecule has 1 saturated heterocycles. The van der Waals surface area contributed by atoms with E-state index in [1.54, 1.807) is 324 Å². The first-order valence-corrected chi connectivity index (χ1v) is 37.5. The molecule has 101 heavy (non-hydrogen) atoms. The van der Waals surface area contributed by atoms with Gasteiger partial charge in [0, 0.05) is 24.7 Å². The summed E-state index contributed by atoms with van der Waals surface area (Å²) in [5.74, 6) is 2.83. The summed E-state index contributed by atoms with van der Waals surface area (Å²) >= 11 is 1.78. The lowest BCUT2D eigenvalue weighted by Crippen LogP contribution is -2.51. The van der Waals surface area contributed by atoms with Crippen molar-refractivity contribution in [2.45, 2.75) is 16.9 Å². The quantitative estimate of drug-likeness (QED) is 0.140. The fourth-order valence-electron chi connectivity index (χ4n) is 29.4. The zero-order chi connectivity index (χ0) is 62.3. The summed E-state index contributed by atoms with van der Waals surface area (Å²) in [5.41, 5.74) is 9.26. The Hall–Kier alpha value is -11.2. The minimum Gasteiger partial charge on any atom is -0.487 e. The first-order chi connectivity index (χ1) is 50.2. The lowest BCUT2D eigenvalue weighted by molar-refractivity contribution is -0.642. The molecule has 1 fully saturated rings. The second-order valence-electron chi connectivity index (χ2n) is 33.1. The van der Waals surface area contributed by atoms with Crippen molar-refractivity contribution in [2.75, 3.05) is 59.4 Å². The fourth-order valence-corrected chi connectivity index (χ4v) is 30.4. The van der Waals surface area contributed by atoms with Crippen LogP contribution in [0, 0.1) is 0 Å². The molecule has 1 unspecified atom stereocenters. The number of aryl methyl sites for hydroxylation is 1. The van der Waals surface area contributed by atoms with Gasteiger partial charge in [-0.1, -0.05) is 35.6 Å². The van der Waals surface area contributed by atoms with Gasteiger partial charge in [-0.2, -0.15) is 4.57 Å². The second-order valence-corrected chi connectivity index (χ2v) is 34.2. The molecule has 0 bridgehead atoms. The van der Waals surface area contributed by atoms with Crippen molar-refractivity contribution >= 4 is 325 Å². The summed E-state index contributed by atoms with van der Waals surface area (Å²) in [6.45, 7) is 3.85. The Morgan fingerprint density at radius 1 is 0.337 bits per heavy atom. The number of fused-ring (bicyclic) bond motifs is 3. The van der Waals surface area contributed by atoms with Gasteiger partial charge in [0.2, 0.25) is 5.52 Å². The number of nitrogens with one attached hydrogen (secondary N) is 1. The summed E-state index contributed by atoms with van der Waals surface area (Å²) in [7, 11) is 2.12. The van der Waals surface area contributed by atoms with Crippen molar-refractivity contribution in [1.29, 1.82) is 0 Å². The van der Waals surface area contributed by atoms with Crippen molar-refractivity contribution in [1.82, 2.24) is 5.32 Å². The average Bonchev–Trinajstić information content (AvgIpc) is 1.38. The molecule has 9 heteroatoms. The topological polar surface area (TPSA) is 71.3 Å². The van der Waals surface area contributed by atoms with Crippen LogP contribution in [0.25, 0.3) is 313 Å². The van der Waals surface area contributed by atoms with Gasteiger partial charge in [0.1, 0.15) is 38.2 Å². The van der Waals surface area contributed by atoms with Crippen LogP contribution in [0.2, 0.25) is 0 Å². The van der Waals surface area contributed by atoms with Gasteiger partial charge in [-0.15, -0.1) is 0 Å². The normalized spacial score (nSPS) is 21.7. The molecule has 2 aliphatic heterocycles. The maximum Gasteiger partial charge on any atom is 0.262 e. The highest BCUT2D eigenvalue weighted by molar-refractivity contribution is 7.19. The monoisotopic (exact) mass is 1300 g/mol.